The average molecular weight is 339 g/mol. The van der Waals surface area contributed by atoms with E-state index in [-0.39, 0.29) is 5.91 Å². The minimum atomic E-state index is 0.0360. The average Bonchev–Trinajstić information content (AvgIpc) is 2.89. The number of hydrogen-bond acceptors (Lipinski definition) is 4. The zero-order valence-electron chi connectivity index (χ0n) is 12.9. The lowest BCUT2D eigenvalue weighted by Gasteiger charge is -2.19. The SMILES string of the molecule is CCN(C(=O)CSC(C)C)c1cn(-c2cccnc2)nc1Cl. The van der Waals surface area contributed by atoms with Gasteiger partial charge in [-0.25, -0.2) is 4.68 Å². The molecule has 0 radical (unpaired) electrons. The van der Waals surface area contributed by atoms with Gasteiger partial charge >= 0.3 is 0 Å². The van der Waals surface area contributed by atoms with Crippen molar-refractivity contribution in [2.75, 3.05) is 17.2 Å². The Morgan fingerprint density at radius 3 is 2.86 bits per heavy atom. The van der Waals surface area contributed by atoms with Crippen molar-refractivity contribution in [2.45, 2.75) is 26.0 Å². The summed E-state index contributed by atoms with van der Waals surface area (Å²) in [6.45, 7) is 6.62. The summed E-state index contributed by atoms with van der Waals surface area (Å²) in [6.07, 6.45) is 5.15. The van der Waals surface area contributed by atoms with Gasteiger partial charge in [-0.15, -0.1) is 11.8 Å². The van der Waals surface area contributed by atoms with Gasteiger partial charge in [-0.3, -0.25) is 9.78 Å². The van der Waals surface area contributed by atoms with Crippen LogP contribution in [0.5, 0.6) is 0 Å². The summed E-state index contributed by atoms with van der Waals surface area (Å²) in [6, 6.07) is 3.71. The van der Waals surface area contributed by atoms with E-state index in [4.69, 9.17) is 11.6 Å². The van der Waals surface area contributed by atoms with Gasteiger partial charge in [0.1, 0.15) is 5.69 Å². The quantitative estimate of drug-likeness (QED) is 0.809. The summed E-state index contributed by atoms with van der Waals surface area (Å²) in [5.41, 5.74) is 1.43. The van der Waals surface area contributed by atoms with Crippen molar-refractivity contribution in [3.63, 3.8) is 0 Å². The highest BCUT2D eigenvalue weighted by molar-refractivity contribution is 8.00. The standard InChI is InChI=1S/C15H19ClN4OS/c1-4-19(14(21)10-22-11(2)3)13-9-20(18-15(13)16)12-6-5-7-17-8-12/h5-9,11H,4,10H2,1-3H3. The van der Waals surface area contributed by atoms with Gasteiger partial charge in [0.2, 0.25) is 5.91 Å². The Hall–Kier alpha value is -1.53. The number of amides is 1. The van der Waals surface area contributed by atoms with Crippen LogP contribution >= 0.6 is 23.4 Å². The predicted octanol–water partition coefficient (Wildman–Crippen LogP) is 3.42. The van der Waals surface area contributed by atoms with E-state index < -0.39 is 0 Å². The van der Waals surface area contributed by atoms with E-state index in [9.17, 15) is 4.79 Å². The summed E-state index contributed by atoms with van der Waals surface area (Å²) < 4.78 is 1.64. The number of anilines is 1. The Kier molecular flexibility index (Phi) is 5.85. The molecule has 0 saturated heterocycles. The zero-order valence-corrected chi connectivity index (χ0v) is 14.4. The van der Waals surface area contributed by atoms with Crippen LogP contribution in [0.4, 0.5) is 5.69 Å². The van der Waals surface area contributed by atoms with Crippen LogP contribution in [0.2, 0.25) is 5.15 Å². The number of rotatable bonds is 6. The molecule has 118 valence electrons. The molecule has 2 heterocycles. The molecule has 5 nitrogen and oxygen atoms in total. The van der Waals surface area contributed by atoms with E-state index in [2.05, 4.69) is 23.9 Å². The normalized spacial score (nSPS) is 11.0. The van der Waals surface area contributed by atoms with Crippen LogP contribution in [0.15, 0.2) is 30.7 Å². The first-order chi connectivity index (χ1) is 10.5. The smallest absolute Gasteiger partial charge is 0.237 e. The van der Waals surface area contributed by atoms with Crippen molar-refractivity contribution >= 4 is 35.0 Å². The van der Waals surface area contributed by atoms with Crippen LogP contribution in [0.3, 0.4) is 0 Å². The van der Waals surface area contributed by atoms with Crippen molar-refractivity contribution in [3.8, 4) is 5.69 Å². The minimum absolute atomic E-state index is 0.0360. The maximum Gasteiger partial charge on any atom is 0.237 e. The molecule has 0 aliphatic carbocycles. The Labute approximate surface area is 139 Å². The van der Waals surface area contributed by atoms with Crippen LogP contribution in [0.25, 0.3) is 5.69 Å². The van der Waals surface area contributed by atoms with Gasteiger partial charge in [-0.1, -0.05) is 25.4 Å². The molecule has 2 aromatic rings. The lowest BCUT2D eigenvalue weighted by molar-refractivity contribution is -0.116. The lowest BCUT2D eigenvalue weighted by Crippen LogP contribution is -2.32. The Morgan fingerprint density at radius 1 is 1.50 bits per heavy atom. The zero-order chi connectivity index (χ0) is 16.1. The van der Waals surface area contributed by atoms with Crippen molar-refractivity contribution in [2.24, 2.45) is 0 Å². The van der Waals surface area contributed by atoms with Crippen LogP contribution in [0.1, 0.15) is 20.8 Å². The molecule has 0 fully saturated rings. The van der Waals surface area contributed by atoms with E-state index in [1.807, 2.05) is 19.1 Å². The molecular formula is C15H19ClN4OS. The third-order valence-electron chi connectivity index (χ3n) is 3.01. The monoisotopic (exact) mass is 338 g/mol. The third kappa shape index (κ3) is 4.01. The molecule has 2 aromatic heterocycles. The number of thioether (sulfide) groups is 1. The molecule has 0 atom stereocenters. The Morgan fingerprint density at radius 2 is 2.27 bits per heavy atom. The highest BCUT2D eigenvalue weighted by atomic mass is 35.5. The maximum atomic E-state index is 12.4. The lowest BCUT2D eigenvalue weighted by atomic mass is 10.4. The van der Waals surface area contributed by atoms with E-state index >= 15 is 0 Å². The number of carbonyl (C=O) groups excluding carboxylic acids is 1. The summed E-state index contributed by atoms with van der Waals surface area (Å²) >= 11 is 7.84. The Balaban J connectivity index is 2.23. The minimum Gasteiger partial charge on any atom is -0.308 e. The fourth-order valence-corrected chi connectivity index (χ4v) is 2.81. The molecule has 22 heavy (non-hydrogen) atoms. The van der Waals surface area contributed by atoms with Crippen LogP contribution in [-0.2, 0) is 4.79 Å². The molecule has 0 bridgehead atoms. The van der Waals surface area contributed by atoms with Crippen LogP contribution in [-0.4, -0.2) is 38.2 Å². The molecule has 0 aliphatic rings. The second-order valence-electron chi connectivity index (χ2n) is 4.96. The van der Waals surface area contributed by atoms with Gasteiger partial charge in [0.05, 0.1) is 23.8 Å². The summed E-state index contributed by atoms with van der Waals surface area (Å²) in [5.74, 6) is 0.466. The van der Waals surface area contributed by atoms with Crippen molar-refractivity contribution in [1.82, 2.24) is 14.8 Å². The van der Waals surface area contributed by atoms with Gasteiger partial charge in [-0.2, -0.15) is 5.10 Å². The molecule has 1 amide bonds. The predicted molar refractivity (Wildman–Crippen MR) is 92.0 cm³/mol. The van der Waals surface area contributed by atoms with Crippen molar-refractivity contribution in [1.29, 1.82) is 0 Å². The molecule has 0 saturated carbocycles. The first kappa shape index (κ1) is 16.8. The molecule has 7 heteroatoms. The summed E-state index contributed by atoms with van der Waals surface area (Å²) in [4.78, 5) is 18.1. The van der Waals surface area contributed by atoms with Crippen molar-refractivity contribution in [3.05, 3.63) is 35.9 Å². The van der Waals surface area contributed by atoms with Gasteiger partial charge in [0.15, 0.2) is 5.15 Å². The molecule has 0 N–H and O–H groups in total. The molecular weight excluding hydrogens is 320 g/mol. The third-order valence-corrected chi connectivity index (χ3v) is 4.36. The molecule has 2 rings (SSSR count). The van der Waals surface area contributed by atoms with Gasteiger partial charge in [0.25, 0.3) is 0 Å². The molecule has 0 aromatic carbocycles. The van der Waals surface area contributed by atoms with Gasteiger partial charge in [0, 0.05) is 12.7 Å². The van der Waals surface area contributed by atoms with Crippen LogP contribution in [0, 0.1) is 0 Å². The van der Waals surface area contributed by atoms with E-state index in [0.29, 0.717) is 28.4 Å². The number of aromatic nitrogens is 3. The Bertz CT molecular complexity index is 630. The topological polar surface area (TPSA) is 51.0 Å². The maximum absolute atomic E-state index is 12.4. The largest absolute Gasteiger partial charge is 0.308 e. The second-order valence-corrected chi connectivity index (χ2v) is 6.88. The van der Waals surface area contributed by atoms with E-state index in [1.165, 1.54) is 0 Å². The number of halogens is 1. The summed E-state index contributed by atoms with van der Waals surface area (Å²) in [7, 11) is 0. The molecule has 0 unspecified atom stereocenters. The molecule has 0 spiro atoms. The van der Waals surface area contributed by atoms with Gasteiger partial charge < -0.3 is 4.90 Å². The van der Waals surface area contributed by atoms with Crippen LogP contribution < -0.4 is 4.90 Å². The highest BCUT2D eigenvalue weighted by Crippen LogP contribution is 2.26. The molecule has 0 aliphatic heterocycles. The van der Waals surface area contributed by atoms with Crippen molar-refractivity contribution < 1.29 is 4.79 Å². The highest BCUT2D eigenvalue weighted by Gasteiger charge is 2.20. The number of pyridine rings is 1. The fraction of sp³-hybridized carbons (Fsp3) is 0.400. The second kappa shape index (κ2) is 7.65. The first-order valence-corrected chi connectivity index (χ1v) is 8.53. The number of hydrogen-bond donors (Lipinski definition) is 0. The first-order valence-electron chi connectivity index (χ1n) is 7.10. The number of nitrogens with zero attached hydrogens (tertiary/aromatic N) is 4. The van der Waals surface area contributed by atoms with E-state index in [1.54, 1.807) is 39.9 Å². The fourth-order valence-electron chi connectivity index (χ4n) is 1.94. The number of carbonyl (C=O) groups is 1. The summed E-state index contributed by atoms with van der Waals surface area (Å²) in [5, 5.41) is 5.00. The van der Waals surface area contributed by atoms with E-state index in [0.717, 1.165) is 5.69 Å². The van der Waals surface area contributed by atoms with Gasteiger partial charge in [-0.05, 0) is 24.3 Å².